The van der Waals surface area contributed by atoms with Crippen LogP contribution in [0.2, 0.25) is 5.02 Å². The molecule has 0 bridgehead atoms. The summed E-state index contributed by atoms with van der Waals surface area (Å²) in [4.78, 5) is 16.7. The Kier molecular flexibility index (Phi) is 4.26. The molecule has 7 heteroatoms. The third-order valence-corrected chi connectivity index (χ3v) is 5.05. The Morgan fingerprint density at radius 2 is 1.86 bits per heavy atom. The fourth-order valence-corrected chi connectivity index (χ4v) is 3.47. The molecule has 142 valence electrons. The van der Waals surface area contributed by atoms with Crippen LogP contribution in [0.1, 0.15) is 0 Å². The summed E-state index contributed by atoms with van der Waals surface area (Å²) in [6.45, 7) is 0. The Morgan fingerprint density at radius 1 is 0.966 bits per heavy atom. The van der Waals surface area contributed by atoms with Crippen molar-refractivity contribution in [1.29, 1.82) is 0 Å². The van der Waals surface area contributed by atoms with Gasteiger partial charge in [0.25, 0.3) is 0 Å². The zero-order valence-electron chi connectivity index (χ0n) is 15.5. The van der Waals surface area contributed by atoms with Crippen molar-refractivity contribution in [2.75, 3.05) is 12.4 Å². The lowest BCUT2D eigenvalue weighted by Crippen LogP contribution is -1.97. The highest BCUT2D eigenvalue weighted by atomic mass is 35.5. The molecule has 5 aromatic rings. The maximum absolute atomic E-state index is 6.46. The van der Waals surface area contributed by atoms with Gasteiger partial charge >= 0.3 is 0 Å². The number of aromatic nitrogens is 4. The van der Waals surface area contributed by atoms with Gasteiger partial charge in [-0.25, -0.2) is 15.0 Å². The SMILES string of the molecule is COc1ccc2c(Nc3ccc(Cl)c(-c4nc5ccccc5[nH]4)c3)ncnc2c1. The lowest BCUT2D eigenvalue weighted by atomic mass is 10.1. The molecule has 0 saturated heterocycles. The number of aromatic amines is 1. The maximum Gasteiger partial charge on any atom is 0.141 e. The van der Waals surface area contributed by atoms with Crippen molar-refractivity contribution >= 4 is 45.0 Å². The first-order valence-electron chi connectivity index (χ1n) is 9.02. The van der Waals surface area contributed by atoms with E-state index in [9.17, 15) is 0 Å². The van der Waals surface area contributed by atoms with Crippen molar-refractivity contribution in [3.63, 3.8) is 0 Å². The molecule has 0 amide bonds. The van der Waals surface area contributed by atoms with Gasteiger partial charge in [0.15, 0.2) is 0 Å². The fraction of sp³-hybridized carbons (Fsp3) is 0.0455. The van der Waals surface area contributed by atoms with E-state index in [-0.39, 0.29) is 0 Å². The van der Waals surface area contributed by atoms with Gasteiger partial charge in [0.1, 0.15) is 23.7 Å². The number of nitrogens with zero attached hydrogens (tertiary/aromatic N) is 3. The predicted molar refractivity (Wildman–Crippen MR) is 116 cm³/mol. The lowest BCUT2D eigenvalue weighted by molar-refractivity contribution is 0.415. The number of H-pyrrole nitrogens is 1. The quantitative estimate of drug-likeness (QED) is 0.411. The molecule has 2 aromatic heterocycles. The van der Waals surface area contributed by atoms with Gasteiger partial charge < -0.3 is 15.0 Å². The highest BCUT2D eigenvalue weighted by Crippen LogP contribution is 2.32. The van der Waals surface area contributed by atoms with Gasteiger partial charge in [-0.05, 0) is 42.5 Å². The minimum Gasteiger partial charge on any atom is -0.497 e. The van der Waals surface area contributed by atoms with Crippen LogP contribution >= 0.6 is 11.6 Å². The third kappa shape index (κ3) is 3.23. The van der Waals surface area contributed by atoms with Crippen molar-refractivity contribution in [3.05, 3.63) is 72.0 Å². The van der Waals surface area contributed by atoms with Gasteiger partial charge in [-0.2, -0.15) is 0 Å². The van der Waals surface area contributed by atoms with Crippen molar-refractivity contribution in [2.24, 2.45) is 0 Å². The normalized spacial score (nSPS) is 11.1. The molecule has 0 aliphatic rings. The smallest absolute Gasteiger partial charge is 0.141 e. The number of rotatable bonds is 4. The molecule has 6 nitrogen and oxygen atoms in total. The molecular formula is C22H16ClN5O. The number of methoxy groups -OCH3 is 1. The van der Waals surface area contributed by atoms with Crippen LogP contribution in [0.25, 0.3) is 33.3 Å². The Morgan fingerprint density at radius 3 is 2.72 bits per heavy atom. The summed E-state index contributed by atoms with van der Waals surface area (Å²) in [6.07, 6.45) is 1.53. The van der Waals surface area contributed by atoms with Crippen LogP contribution in [0.4, 0.5) is 11.5 Å². The molecular weight excluding hydrogens is 386 g/mol. The second kappa shape index (κ2) is 7.07. The molecule has 3 aromatic carbocycles. The summed E-state index contributed by atoms with van der Waals surface area (Å²) >= 11 is 6.46. The third-order valence-electron chi connectivity index (χ3n) is 4.72. The number of nitrogens with one attached hydrogen (secondary N) is 2. The summed E-state index contributed by atoms with van der Waals surface area (Å²) in [5.41, 5.74) is 4.32. The van der Waals surface area contributed by atoms with Crippen LogP contribution in [-0.4, -0.2) is 27.0 Å². The molecule has 0 aliphatic heterocycles. The zero-order valence-corrected chi connectivity index (χ0v) is 16.2. The zero-order chi connectivity index (χ0) is 19.8. The summed E-state index contributed by atoms with van der Waals surface area (Å²) in [5.74, 6) is 2.17. The number of hydrogen-bond donors (Lipinski definition) is 2. The van der Waals surface area contributed by atoms with Gasteiger partial charge in [-0.15, -0.1) is 0 Å². The molecule has 0 fully saturated rings. The Labute approximate surface area is 171 Å². The topological polar surface area (TPSA) is 75.7 Å². The molecule has 0 radical (unpaired) electrons. The van der Waals surface area contributed by atoms with E-state index in [1.165, 1.54) is 6.33 Å². The van der Waals surface area contributed by atoms with E-state index in [0.717, 1.165) is 44.8 Å². The highest BCUT2D eigenvalue weighted by Gasteiger charge is 2.11. The first-order chi connectivity index (χ1) is 14.2. The Hall–Kier alpha value is -3.64. The van der Waals surface area contributed by atoms with Crippen molar-refractivity contribution in [3.8, 4) is 17.1 Å². The second-order valence-electron chi connectivity index (χ2n) is 6.53. The highest BCUT2D eigenvalue weighted by molar-refractivity contribution is 6.33. The molecule has 0 aliphatic carbocycles. The van der Waals surface area contributed by atoms with Crippen molar-refractivity contribution in [2.45, 2.75) is 0 Å². The number of para-hydroxylation sites is 2. The minimum absolute atomic E-state index is 0.617. The van der Waals surface area contributed by atoms with Crippen LogP contribution in [0.5, 0.6) is 5.75 Å². The summed E-state index contributed by atoms with van der Waals surface area (Å²) in [5, 5.41) is 4.88. The van der Waals surface area contributed by atoms with Gasteiger partial charge in [-0.1, -0.05) is 23.7 Å². The molecule has 5 rings (SSSR count). The molecule has 0 atom stereocenters. The summed E-state index contributed by atoms with van der Waals surface area (Å²) < 4.78 is 5.28. The molecule has 2 heterocycles. The van der Waals surface area contributed by atoms with E-state index < -0.39 is 0 Å². The average molecular weight is 402 g/mol. The Balaban J connectivity index is 1.54. The standard InChI is InChI=1S/C22H16ClN5O/c1-29-14-7-8-15-20(11-14)24-12-25-21(15)26-13-6-9-17(23)16(10-13)22-27-18-4-2-3-5-19(18)28-22/h2-12H,1H3,(H,27,28)(H,24,25,26). The number of benzene rings is 3. The summed E-state index contributed by atoms with van der Waals surface area (Å²) in [6, 6.07) is 19.3. The minimum atomic E-state index is 0.617. The lowest BCUT2D eigenvalue weighted by Gasteiger charge is -2.11. The number of anilines is 2. The van der Waals surface area contributed by atoms with E-state index in [1.54, 1.807) is 7.11 Å². The van der Waals surface area contributed by atoms with Gasteiger partial charge in [0.05, 0.1) is 28.7 Å². The van der Waals surface area contributed by atoms with Crippen LogP contribution in [0.3, 0.4) is 0 Å². The Bertz CT molecular complexity index is 1310. The van der Waals surface area contributed by atoms with Crippen molar-refractivity contribution < 1.29 is 4.74 Å². The average Bonchev–Trinajstić information content (AvgIpc) is 3.19. The monoisotopic (exact) mass is 401 g/mol. The van der Waals surface area contributed by atoms with Crippen LogP contribution in [-0.2, 0) is 0 Å². The van der Waals surface area contributed by atoms with Gasteiger partial charge in [0, 0.05) is 22.7 Å². The molecule has 0 unspecified atom stereocenters. The molecule has 29 heavy (non-hydrogen) atoms. The van der Waals surface area contributed by atoms with Crippen LogP contribution in [0.15, 0.2) is 67.0 Å². The molecule has 0 saturated carbocycles. The number of imidazole rings is 1. The van der Waals surface area contributed by atoms with E-state index in [1.807, 2.05) is 60.7 Å². The van der Waals surface area contributed by atoms with Crippen molar-refractivity contribution in [1.82, 2.24) is 19.9 Å². The van der Waals surface area contributed by atoms with Gasteiger partial charge in [0.2, 0.25) is 0 Å². The van der Waals surface area contributed by atoms with Crippen LogP contribution < -0.4 is 10.1 Å². The summed E-state index contributed by atoms with van der Waals surface area (Å²) in [7, 11) is 1.63. The first kappa shape index (κ1) is 17.5. The second-order valence-corrected chi connectivity index (χ2v) is 6.93. The number of halogens is 1. The largest absolute Gasteiger partial charge is 0.497 e. The first-order valence-corrected chi connectivity index (χ1v) is 9.39. The van der Waals surface area contributed by atoms with Gasteiger partial charge in [-0.3, -0.25) is 0 Å². The number of fused-ring (bicyclic) bond motifs is 2. The van der Waals surface area contributed by atoms with E-state index in [0.29, 0.717) is 10.8 Å². The van der Waals surface area contributed by atoms with E-state index >= 15 is 0 Å². The number of ether oxygens (including phenoxy) is 1. The maximum atomic E-state index is 6.46. The molecule has 2 N–H and O–H groups in total. The fourth-order valence-electron chi connectivity index (χ4n) is 3.27. The van der Waals surface area contributed by atoms with E-state index in [4.69, 9.17) is 16.3 Å². The van der Waals surface area contributed by atoms with Crippen LogP contribution in [0, 0.1) is 0 Å². The molecule has 0 spiro atoms. The van der Waals surface area contributed by atoms with E-state index in [2.05, 4.69) is 25.3 Å². The predicted octanol–water partition coefficient (Wildman–Crippen LogP) is 5.58. The number of hydrogen-bond acceptors (Lipinski definition) is 5.